The maximum absolute atomic E-state index is 9.52. The lowest BCUT2D eigenvalue weighted by Gasteiger charge is -2.36. The van der Waals surface area contributed by atoms with Gasteiger partial charge in [-0.05, 0) is 19.8 Å². The molecule has 2 unspecified atom stereocenters. The van der Waals surface area contributed by atoms with E-state index in [0.29, 0.717) is 0 Å². The topological polar surface area (TPSA) is 29.5 Å². The van der Waals surface area contributed by atoms with Gasteiger partial charge in [-0.2, -0.15) is 0 Å². The number of ether oxygens (including phenoxy) is 1. The average molecular weight is 186 g/mol. The van der Waals surface area contributed by atoms with Gasteiger partial charge in [0, 0.05) is 13.0 Å². The van der Waals surface area contributed by atoms with Crippen molar-refractivity contribution in [1.82, 2.24) is 0 Å². The summed E-state index contributed by atoms with van der Waals surface area (Å²) in [6.07, 6.45) is 6.33. The molecule has 0 aliphatic carbocycles. The van der Waals surface area contributed by atoms with Gasteiger partial charge in [0.15, 0.2) is 0 Å². The van der Waals surface area contributed by atoms with E-state index in [1.165, 1.54) is 19.3 Å². The van der Waals surface area contributed by atoms with E-state index >= 15 is 0 Å². The van der Waals surface area contributed by atoms with Crippen LogP contribution in [0, 0.1) is 0 Å². The number of hydrogen-bond donors (Lipinski definition) is 1. The Morgan fingerprint density at radius 3 is 2.85 bits per heavy atom. The van der Waals surface area contributed by atoms with Crippen LogP contribution in [0.4, 0.5) is 0 Å². The Labute approximate surface area is 81.3 Å². The standard InChI is InChI=1S/C11H22O2/c1-3-4-5-7-11(2)9-10(12)6-8-13-11/h10,12H,3-9H2,1-2H3. The van der Waals surface area contributed by atoms with E-state index in [4.69, 9.17) is 4.74 Å². The third kappa shape index (κ3) is 3.65. The van der Waals surface area contributed by atoms with Gasteiger partial charge >= 0.3 is 0 Å². The SMILES string of the molecule is CCCCCC1(C)CC(O)CCO1. The van der Waals surface area contributed by atoms with Gasteiger partial charge in [0.1, 0.15) is 0 Å². The van der Waals surface area contributed by atoms with Crippen molar-refractivity contribution in [2.75, 3.05) is 6.61 Å². The lowest BCUT2D eigenvalue weighted by molar-refractivity contribution is -0.112. The monoisotopic (exact) mass is 186 g/mol. The average Bonchev–Trinajstić information content (AvgIpc) is 2.04. The number of unbranched alkanes of at least 4 members (excludes halogenated alkanes) is 2. The second-order valence-corrected chi connectivity index (χ2v) is 4.40. The molecule has 0 aromatic rings. The molecule has 1 saturated heterocycles. The minimum atomic E-state index is -0.139. The molecule has 13 heavy (non-hydrogen) atoms. The summed E-state index contributed by atoms with van der Waals surface area (Å²) in [5, 5.41) is 9.52. The number of aliphatic hydroxyl groups excluding tert-OH is 1. The van der Waals surface area contributed by atoms with Gasteiger partial charge in [0.2, 0.25) is 0 Å². The Hall–Kier alpha value is -0.0800. The first kappa shape index (κ1) is 11.0. The summed E-state index contributed by atoms with van der Waals surface area (Å²) in [5.74, 6) is 0. The zero-order valence-electron chi connectivity index (χ0n) is 8.88. The molecular formula is C11H22O2. The normalized spacial score (nSPS) is 34.8. The zero-order chi connectivity index (χ0) is 9.73. The molecule has 2 atom stereocenters. The Balaban J connectivity index is 2.27. The third-order valence-corrected chi connectivity index (χ3v) is 2.88. The van der Waals surface area contributed by atoms with Gasteiger partial charge in [-0.3, -0.25) is 0 Å². The van der Waals surface area contributed by atoms with Gasteiger partial charge in [0.05, 0.1) is 11.7 Å². The third-order valence-electron chi connectivity index (χ3n) is 2.88. The van der Waals surface area contributed by atoms with Gasteiger partial charge in [0.25, 0.3) is 0 Å². The van der Waals surface area contributed by atoms with Gasteiger partial charge in [-0.1, -0.05) is 26.2 Å². The summed E-state index contributed by atoms with van der Waals surface area (Å²) in [7, 11) is 0. The fourth-order valence-corrected chi connectivity index (χ4v) is 2.02. The summed E-state index contributed by atoms with van der Waals surface area (Å²) in [6, 6.07) is 0. The Morgan fingerprint density at radius 1 is 1.46 bits per heavy atom. The van der Waals surface area contributed by atoms with Crippen LogP contribution in [-0.4, -0.2) is 23.4 Å². The highest BCUT2D eigenvalue weighted by Crippen LogP contribution is 2.29. The highest BCUT2D eigenvalue weighted by Gasteiger charge is 2.31. The first-order valence-electron chi connectivity index (χ1n) is 5.48. The van der Waals surface area contributed by atoms with Crippen molar-refractivity contribution in [2.24, 2.45) is 0 Å². The summed E-state index contributed by atoms with van der Waals surface area (Å²) in [5.41, 5.74) is -0.0488. The second kappa shape index (κ2) is 4.97. The predicted octanol–water partition coefficient (Wildman–Crippen LogP) is 2.50. The van der Waals surface area contributed by atoms with E-state index in [1.807, 2.05) is 0 Å². The quantitative estimate of drug-likeness (QED) is 0.683. The lowest BCUT2D eigenvalue weighted by atomic mass is 9.89. The fourth-order valence-electron chi connectivity index (χ4n) is 2.02. The van der Waals surface area contributed by atoms with E-state index in [0.717, 1.165) is 25.9 Å². The highest BCUT2D eigenvalue weighted by molar-refractivity contribution is 4.82. The molecule has 1 rings (SSSR count). The van der Waals surface area contributed by atoms with E-state index < -0.39 is 0 Å². The first-order valence-corrected chi connectivity index (χ1v) is 5.48. The summed E-state index contributed by atoms with van der Waals surface area (Å²) in [4.78, 5) is 0. The molecule has 0 aromatic carbocycles. The smallest absolute Gasteiger partial charge is 0.0679 e. The van der Waals surface area contributed by atoms with Crippen LogP contribution in [0.15, 0.2) is 0 Å². The van der Waals surface area contributed by atoms with Crippen LogP contribution in [0.3, 0.4) is 0 Å². The summed E-state index contributed by atoms with van der Waals surface area (Å²) in [6.45, 7) is 5.06. The summed E-state index contributed by atoms with van der Waals surface area (Å²) < 4.78 is 5.72. The minimum absolute atomic E-state index is 0.0488. The van der Waals surface area contributed by atoms with Crippen LogP contribution in [0.2, 0.25) is 0 Å². The fraction of sp³-hybridized carbons (Fsp3) is 1.00. The Kier molecular flexibility index (Phi) is 4.20. The van der Waals surface area contributed by atoms with Crippen molar-refractivity contribution in [2.45, 2.75) is 64.1 Å². The van der Waals surface area contributed by atoms with Crippen LogP contribution < -0.4 is 0 Å². The molecule has 1 aliphatic rings. The Morgan fingerprint density at radius 2 is 2.23 bits per heavy atom. The van der Waals surface area contributed by atoms with Gasteiger partial charge in [-0.25, -0.2) is 0 Å². The number of hydrogen-bond acceptors (Lipinski definition) is 2. The second-order valence-electron chi connectivity index (χ2n) is 4.40. The Bertz CT molecular complexity index is 147. The van der Waals surface area contributed by atoms with Crippen LogP contribution in [0.25, 0.3) is 0 Å². The predicted molar refractivity (Wildman–Crippen MR) is 53.7 cm³/mol. The van der Waals surface area contributed by atoms with Crippen molar-refractivity contribution in [3.8, 4) is 0 Å². The molecule has 1 aliphatic heterocycles. The molecule has 0 spiro atoms. The van der Waals surface area contributed by atoms with Crippen molar-refractivity contribution < 1.29 is 9.84 Å². The number of aliphatic hydroxyl groups is 1. The van der Waals surface area contributed by atoms with Gasteiger partial charge in [-0.15, -0.1) is 0 Å². The molecular weight excluding hydrogens is 164 g/mol. The lowest BCUT2D eigenvalue weighted by Crippen LogP contribution is -2.39. The molecule has 0 amide bonds. The van der Waals surface area contributed by atoms with E-state index in [9.17, 15) is 5.11 Å². The van der Waals surface area contributed by atoms with E-state index in [1.54, 1.807) is 0 Å². The van der Waals surface area contributed by atoms with Crippen molar-refractivity contribution in [1.29, 1.82) is 0 Å². The van der Waals surface area contributed by atoms with Gasteiger partial charge < -0.3 is 9.84 Å². The number of rotatable bonds is 4. The molecule has 2 nitrogen and oxygen atoms in total. The largest absolute Gasteiger partial charge is 0.393 e. The molecule has 1 fully saturated rings. The highest BCUT2D eigenvalue weighted by atomic mass is 16.5. The molecule has 2 heteroatoms. The molecule has 78 valence electrons. The van der Waals surface area contributed by atoms with Crippen LogP contribution in [0.1, 0.15) is 52.4 Å². The van der Waals surface area contributed by atoms with Crippen molar-refractivity contribution in [3.05, 3.63) is 0 Å². The van der Waals surface area contributed by atoms with Crippen molar-refractivity contribution >= 4 is 0 Å². The van der Waals surface area contributed by atoms with E-state index in [-0.39, 0.29) is 11.7 Å². The molecule has 1 N–H and O–H groups in total. The minimum Gasteiger partial charge on any atom is -0.393 e. The van der Waals surface area contributed by atoms with Crippen LogP contribution in [0.5, 0.6) is 0 Å². The maximum Gasteiger partial charge on any atom is 0.0679 e. The maximum atomic E-state index is 9.52. The molecule has 0 bridgehead atoms. The molecule has 0 aromatic heterocycles. The first-order chi connectivity index (χ1) is 6.16. The van der Waals surface area contributed by atoms with Crippen molar-refractivity contribution in [3.63, 3.8) is 0 Å². The van der Waals surface area contributed by atoms with Crippen LogP contribution in [-0.2, 0) is 4.74 Å². The van der Waals surface area contributed by atoms with Crippen LogP contribution >= 0.6 is 0 Å². The molecule has 1 heterocycles. The molecule has 0 saturated carbocycles. The zero-order valence-corrected chi connectivity index (χ0v) is 8.88. The summed E-state index contributed by atoms with van der Waals surface area (Å²) >= 11 is 0. The van der Waals surface area contributed by atoms with E-state index in [2.05, 4.69) is 13.8 Å². The molecule has 0 radical (unpaired) electrons.